The number of carbonyl (C=O) groups is 1. The van der Waals surface area contributed by atoms with Crippen LogP contribution in [0.1, 0.15) is 17.3 Å². The average molecular weight is 407 g/mol. The molecule has 0 aromatic heterocycles. The van der Waals surface area contributed by atoms with Gasteiger partial charge < -0.3 is 14.9 Å². The summed E-state index contributed by atoms with van der Waals surface area (Å²) in [4.78, 5) is 15.4. The first-order chi connectivity index (χ1) is 13.3. The molecule has 1 heterocycles. The van der Waals surface area contributed by atoms with E-state index in [1.807, 2.05) is 4.90 Å². The van der Waals surface area contributed by atoms with Gasteiger partial charge in [-0.15, -0.1) is 0 Å². The van der Waals surface area contributed by atoms with E-state index in [-0.39, 0.29) is 16.1 Å². The second kappa shape index (κ2) is 8.15. The highest BCUT2D eigenvalue weighted by molar-refractivity contribution is 7.92. The molecule has 3 rings (SSSR count). The maximum Gasteiger partial charge on any atom is 0.335 e. The largest absolute Gasteiger partial charge is 0.478 e. The number of halogens is 1. The highest BCUT2D eigenvalue weighted by Gasteiger charge is 2.23. The molecule has 28 heavy (non-hydrogen) atoms. The molecule has 150 valence electrons. The summed E-state index contributed by atoms with van der Waals surface area (Å²) >= 11 is 0. The lowest BCUT2D eigenvalue weighted by Gasteiger charge is -2.36. The number of anilines is 2. The molecule has 2 aromatic rings. The highest BCUT2D eigenvalue weighted by atomic mass is 32.2. The van der Waals surface area contributed by atoms with Crippen LogP contribution in [0, 0.1) is 5.82 Å². The average Bonchev–Trinajstić information content (AvgIpc) is 2.68. The molecule has 0 amide bonds. The number of aromatic carboxylic acids is 1. The SMILES string of the molecule is CCN1CCN(c2ccc(C(=O)O)cc2NS(=O)(=O)c2cccc(F)c2)CC1. The maximum atomic E-state index is 13.5. The predicted octanol–water partition coefficient (Wildman–Crippen LogP) is 2.47. The van der Waals surface area contributed by atoms with Crippen molar-refractivity contribution in [1.29, 1.82) is 0 Å². The van der Waals surface area contributed by atoms with Gasteiger partial charge in [-0.25, -0.2) is 17.6 Å². The van der Waals surface area contributed by atoms with Crippen molar-refractivity contribution in [3.8, 4) is 0 Å². The standard InChI is InChI=1S/C19H22FN3O4S/c1-2-22-8-10-23(11-9-22)18-7-6-14(19(24)25)12-17(18)21-28(26,27)16-5-3-4-15(20)13-16/h3-7,12-13,21H,2,8-11H2,1H3,(H,24,25). The Balaban J connectivity index is 1.96. The van der Waals surface area contributed by atoms with Crippen molar-refractivity contribution in [2.24, 2.45) is 0 Å². The first-order valence-electron chi connectivity index (χ1n) is 8.93. The summed E-state index contributed by atoms with van der Waals surface area (Å²) in [5.41, 5.74) is 0.725. The topological polar surface area (TPSA) is 89.9 Å². The number of carboxylic acids is 1. The van der Waals surface area contributed by atoms with Gasteiger partial charge in [-0.05, 0) is 42.9 Å². The molecular formula is C19H22FN3O4S. The van der Waals surface area contributed by atoms with Crippen molar-refractivity contribution in [1.82, 2.24) is 4.90 Å². The van der Waals surface area contributed by atoms with Gasteiger partial charge in [-0.3, -0.25) is 4.72 Å². The fraction of sp³-hybridized carbons (Fsp3) is 0.316. The van der Waals surface area contributed by atoms with Gasteiger partial charge in [0.25, 0.3) is 10.0 Å². The van der Waals surface area contributed by atoms with Crippen LogP contribution in [0.4, 0.5) is 15.8 Å². The fourth-order valence-electron chi connectivity index (χ4n) is 3.17. The molecule has 0 radical (unpaired) electrons. The van der Waals surface area contributed by atoms with Crippen molar-refractivity contribution >= 4 is 27.4 Å². The molecule has 1 aliphatic rings. The second-order valence-electron chi connectivity index (χ2n) is 6.52. The molecule has 2 aromatic carbocycles. The first-order valence-corrected chi connectivity index (χ1v) is 10.4. The van der Waals surface area contributed by atoms with Crippen LogP contribution in [0.25, 0.3) is 0 Å². The Kier molecular flexibility index (Phi) is 5.85. The van der Waals surface area contributed by atoms with E-state index in [4.69, 9.17) is 0 Å². The summed E-state index contributed by atoms with van der Waals surface area (Å²) in [5.74, 6) is -1.83. The lowest BCUT2D eigenvalue weighted by molar-refractivity contribution is 0.0697. The molecule has 7 nitrogen and oxygen atoms in total. The van der Waals surface area contributed by atoms with Crippen LogP contribution in [-0.2, 0) is 10.0 Å². The van der Waals surface area contributed by atoms with Crippen LogP contribution < -0.4 is 9.62 Å². The monoisotopic (exact) mass is 407 g/mol. The Bertz CT molecular complexity index is 973. The highest BCUT2D eigenvalue weighted by Crippen LogP contribution is 2.30. The maximum absolute atomic E-state index is 13.5. The van der Waals surface area contributed by atoms with E-state index in [9.17, 15) is 22.7 Å². The Morgan fingerprint density at radius 3 is 2.46 bits per heavy atom. The minimum Gasteiger partial charge on any atom is -0.478 e. The number of sulfonamides is 1. The number of nitrogens with one attached hydrogen (secondary N) is 1. The predicted molar refractivity (Wildman–Crippen MR) is 105 cm³/mol. The van der Waals surface area contributed by atoms with Gasteiger partial charge >= 0.3 is 5.97 Å². The van der Waals surface area contributed by atoms with Crippen molar-refractivity contribution in [2.45, 2.75) is 11.8 Å². The summed E-state index contributed by atoms with van der Waals surface area (Å²) in [6.45, 7) is 6.05. The van der Waals surface area contributed by atoms with E-state index in [2.05, 4.69) is 16.5 Å². The normalized spacial score (nSPS) is 15.4. The second-order valence-corrected chi connectivity index (χ2v) is 8.20. The van der Waals surface area contributed by atoms with Crippen LogP contribution in [-0.4, -0.2) is 57.1 Å². The Morgan fingerprint density at radius 2 is 1.86 bits per heavy atom. The fourth-order valence-corrected chi connectivity index (χ4v) is 4.27. The molecule has 2 N–H and O–H groups in total. The van der Waals surface area contributed by atoms with Crippen LogP contribution in [0.15, 0.2) is 47.4 Å². The van der Waals surface area contributed by atoms with Gasteiger partial charge in [-0.2, -0.15) is 0 Å². The molecule has 0 atom stereocenters. The summed E-state index contributed by atoms with van der Waals surface area (Å²) in [5, 5.41) is 9.28. The number of likely N-dealkylation sites (N-methyl/N-ethyl adjacent to an activating group) is 1. The smallest absolute Gasteiger partial charge is 0.335 e. The zero-order valence-electron chi connectivity index (χ0n) is 15.4. The van der Waals surface area contributed by atoms with E-state index in [0.29, 0.717) is 18.8 Å². The lowest BCUT2D eigenvalue weighted by Crippen LogP contribution is -2.46. The van der Waals surface area contributed by atoms with Crippen molar-refractivity contribution in [3.63, 3.8) is 0 Å². The van der Waals surface area contributed by atoms with Crippen LogP contribution >= 0.6 is 0 Å². The summed E-state index contributed by atoms with van der Waals surface area (Å²) < 4.78 is 41.3. The number of hydrogen-bond donors (Lipinski definition) is 2. The summed E-state index contributed by atoms with van der Waals surface area (Å²) in [6.07, 6.45) is 0. The van der Waals surface area contributed by atoms with Crippen molar-refractivity contribution < 1.29 is 22.7 Å². The van der Waals surface area contributed by atoms with Crippen LogP contribution in [0.2, 0.25) is 0 Å². The first kappa shape index (κ1) is 20.1. The van der Waals surface area contributed by atoms with Gasteiger partial charge in [-0.1, -0.05) is 13.0 Å². The lowest BCUT2D eigenvalue weighted by atomic mass is 10.1. The Morgan fingerprint density at radius 1 is 1.14 bits per heavy atom. The molecule has 0 aliphatic carbocycles. The number of rotatable bonds is 6. The molecule has 1 fully saturated rings. The number of piperazine rings is 1. The van der Waals surface area contributed by atoms with Crippen LogP contribution in [0.5, 0.6) is 0 Å². The van der Waals surface area contributed by atoms with E-state index in [1.165, 1.54) is 24.3 Å². The third-order valence-electron chi connectivity index (χ3n) is 4.75. The molecule has 0 saturated carbocycles. The number of benzene rings is 2. The Labute approximate surface area is 163 Å². The van der Waals surface area contributed by atoms with E-state index in [0.717, 1.165) is 31.8 Å². The third kappa shape index (κ3) is 4.42. The van der Waals surface area contributed by atoms with Gasteiger partial charge in [0.1, 0.15) is 5.82 Å². The molecule has 0 unspecified atom stereocenters. The molecule has 9 heteroatoms. The minimum atomic E-state index is -4.07. The zero-order chi connectivity index (χ0) is 20.3. The van der Waals surface area contributed by atoms with E-state index < -0.39 is 21.8 Å². The minimum absolute atomic E-state index is 0.0344. The summed E-state index contributed by atoms with van der Waals surface area (Å²) in [7, 11) is -4.07. The quantitative estimate of drug-likeness (QED) is 0.765. The number of nitrogens with zero attached hydrogens (tertiary/aromatic N) is 2. The van der Waals surface area contributed by atoms with Crippen molar-refractivity contribution in [3.05, 3.63) is 53.8 Å². The van der Waals surface area contributed by atoms with E-state index in [1.54, 1.807) is 6.07 Å². The van der Waals surface area contributed by atoms with Crippen molar-refractivity contribution in [2.75, 3.05) is 42.3 Å². The molecule has 0 spiro atoms. The molecule has 0 bridgehead atoms. The van der Waals surface area contributed by atoms with Gasteiger partial charge in [0.2, 0.25) is 0 Å². The third-order valence-corrected chi connectivity index (χ3v) is 6.12. The molecular weight excluding hydrogens is 385 g/mol. The van der Waals surface area contributed by atoms with E-state index >= 15 is 0 Å². The number of carboxylic acid groups (broad SMARTS) is 1. The summed E-state index contributed by atoms with van der Waals surface area (Å²) in [6, 6.07) is 9.01. The number of hydrogen-bond acceptors (Lipinski definition) is 5. The van der Waals surface area contributed by atoms with Crippen LogP contribution in [0.3, 0.4) is 0 Å². The van der Waals surface area contributed by atoms with Gasteiger partial charge in [0.05, 0.1) is 21.8 Å². The molecule has 1 saturated heterocycles. The van der Waals surface area contributed by atoms with Gasteiger partial charge in [0.15, 0.2) is 0 Å². The zero-order valence-corrected chi connectivity index (χ0v) is 16.2. The molecule has 1 aliphatic heterocycles. The van der Waals surface area contributed by atoms with Gasteiger partial charge in [0, 0.05) is 26.2 Å². The Hall–Kier alpha value is -2.65.